The summed E-state index contributed by atoms with van der Waals surface area (Å²) in [6.07, 6.45) is 1.78. The summed E-state index contributed by atoms with van der Waals surface area (Å²) in [5.41, 5.74) is 0. The van der Waals surface area contributed by atoms with Crippen molar-refractivity contribution in [3.8, 4) is 0 Å². The number of nitrogens with one attached hydrogen (secondary N) is 1. The monoisotopic (exact) mass is 200 g/mol. The number of ether oxygens (including phenoxy) is 2. The molecule has 0 aliphatic carbocycles. The number of anilines is 1. The van der Waals surface area contributed by atoms with E-state index in [1.165, 1.54) is 0 Å². The lowest BCUT2D eigenvalue weighted by molar-refractivity contribution is 0.103. The average Bonchev–Trinajstić information content (AvgIpc) is 2.49. The molecule has 0 unspecified atom stereocenters. The lowest BCUT2D eigenvalue weighted by atomic mass is 10.3. The molecule has 0 spiro atoms. The third-order valence-electron chi connectivity index (χ3n) is 1.77. The smallest absolute Gasteiger partial charge is 0.182 e. The van der Waals surface area contributed by atoms with Gasteiger partial charge in [0.25, 0.3) is 0 Å². The Hall–Kier alpha value is -0.650. The third kappa shape index (κ3) is 2.65. The summed E-state index contributed by atoms with van der Waals surface area (Å²) >= 11 is 1.59. The average molecular weight is 200 g/mol. The second-order valence-electron chi connectivity index (χ2n) is 2.83. The van der Waals surface area contributed by atoms with Gasteiger partial charge >= 0.3 is 0 Å². The summed E-state index contributed by atoms with van der Waals surface area (Å²) in [6, 6.07) is 0.230. The first-order valence-corrected chi connectivity index (χ1v) is 5.14. The largest absolute Gasteiger partial charge is 0.377 e. The number of nitrogens with zero attached hydrogens (tertiary/aromatic N) is 1. The molecule has 0 bridgehead atoms. The van der Waals surface area contributed by atoms with Crippen molar-refractivity contribution in [2.45, 2.75) is 6.04 Å². The highest BCUT2D eigenvalue weighted by molar-refractivity contribution is 7.13. The molecule has 13 heavy (non-hydrogen) atoms. The fourth-order valence-corrected chi connectivity index (χ4v) is 1.78. The highest BCUT2D eigenvalue weighted by Crippen LogP contribution is 2.12. The molecule has 0 atom stereocenters. The van der Waals surface area contributed by atoms with Gasteiger partial charge in [-0.25, -0.2) is 4.98 Å². The Morgan fingerprint density at radius 2 is 2.15 bits per heavy atom. The topological polar surface area (TPSA) is 43.4 Å². The summed E-state index contributed by atoms with van der Waals surface area (Å²) < 4.78 is 10.7. The molecule has 4 nitrogen and oxygen atoms in total. The minimum absolute atomic E-state index is 0.230. The van der Waals surface area contributed by atoms with Gasteiger partial charge in [0.05, 0.1) is 32.5 Å². The van der Waals surface area contributed by atoms with Crippen LogP contribution in [0.5, 0.6) is 0 Å². The molecule has 1 aromatic heterocycles. The first kappa shape index (κ1) is 8.93. The van der Waals surface area contributed by atoms with Gasteiger partial charge in [-0.3, -0.25) is 0 Å². The van der Waals surface area contributed by atoms with E-state index in [1.54, 1.807) is 17.5 Å². The van der Waals surface area contributed by atoms with Gasteiger partial charge in [-0.1, -0.05) is 0 Å². The molecule has 1 aromatic rings. The molecule has 1 saturated heterocycles. The van der Waals surface area contributed by atoms with Crippen LogP contribution in [-0.4, -0.2) is 37.5 Å². The Bertz CT molecular complexity index is 232. The van der Waals surface area contributed by atoms with Gasteiger partial charge in [-0.05, 0) is 0 Å². The van der Waals surface area contributed by atoms with Crippen molar-refractivity contribution in [3.05, 3.63) is 11.6 Å². The van der Waals surface area contributed by atoms with Crippen LogP contribution in [0.2, 0.25) is 0 Å². The van der Waals surface area contributed by atoms with Crippen LogP contribution in [0.1, 0.15) is 0 Å². The van der Waals surface area contributed by atoms with Crippen LogP contribution in [0.3, 0.4) is 0 Å². The van der Waals surface area contributed by atoms with E-state index < -0.39 is 0 Å². The normalized spacial score (nSPS) is 19.7. The van der Waals surface area contributed by atoms with E-state index in [4.69, 9.17) is 9.47 Å². The molecule has 1 aliphatic heterocycles. The standard InChI is InChI=1S/C8H12N2O2S/c1-4-13-8(9-1)10-7-5-11-2-3-12-6-7/h1,4,7H,2-3,5-6H2,(H,9,10). The van der Waals surface area contributed by atoms with Gasteiger partial charge in [-0.2, -0.15) is 0 Å². The van der Waals surface area contributed by atoms with Crippen molar-refractivity contribution < 1.29 is 9.47 Å². The Morgan fingerprint density at radius 3 is 2.77 bits per heavy atom. The number of hydrogen-bond donors (Lipinski definition) is 1. The summed E-state index contributed by atoms with van der Waals surface area (Å²) in [5.74, 6) is 0. The van der Waals surface area contributed by atoms with E-state index in [0.717, 1.165) is 5.13 Å². The summed E-state index contributed by atoms with van der Waals surface area (Å²) in [6.45, 7) is 2.77. The number of aromatic nitrogens is 1. The van der Waals surface area contributed by atoms with E-state index in [0.29, 0.717) is 26.4 Å². The zero-order valence-corrected chi connectivity index (χ0v) is 8.05. The summed E-state index contributed by atoms with van der Waals surface area (Å²) in [5, 5.41) is 6.13. The maximum Gasteiger partial charge on any atom is 0.182 e. The molecule has 0 radical (unpaired) electrons. The Kier molecular flexibility index (Phi) is 3.12. The van der Waals surface area contributed by atoms with Crippen LogP contribution in [0.15, 0.2) is 11.6 Å². The fourth-order valence-electron chi connectivity index (χ4n) is 1.17. The molecule has 0 amide bonds. The first-order valence-electron chi connectivity index (χ1n) is 4.26. The van der Waals surface area contributed by atoms with E-state index >= 15 is 0 Å². The van der Waals surface area contributed by atoms with Crippen molar-refractivity contribution in [2.24, 2.45) is 0 Å². The third-order valence-corrected chi connectivity index (χ3v) is 2.47. The number of thiazole rings is 1. The van der Waals surface area contributed by atoms with Gasteiger partial charge in [0.15, 0.2) is 5.13 Å². The zero-order chi connectivity index (χ0) is 8.93. The molecular formula is C8H12N2O2S. The van der Waals surface area contributed by atoms with E-state index in [-0.39, 0.29) is 6.04 Å². The minimum Gasteiger partial charge on any atom is -0.377 e. The minimum atomic E-state index is 0.230. The van der Waals surface area contributed by atoms with Crippen LogP contribution < -0.4 is 5.32 Å². The Balaban J connectivity index is 1.86. The van der Waals surface area contributed by atoms with Crippen molar-refractivity contribution in [2.75, 3.05) is 31.7 Å². The van der Waals surface area contributed by atoms with Crippen LogP contribution >= 0.6 is 11.3 Å². The summed E-state index contributed by atoms with van der Waals surface area (Å²) in [4.78, 5) is 4.14. The maximum atomic E-state index is 5.35. The maximum absolute atomic E-state index is 5.35. The number of hydrogen-bond acceptors (Lipinski definition) is 5. The van der Waals surface area contributed by atoms with E-state index in [1.807, 2.05) is 5.38 Å². The molecule has 1 aliphatic rings. The van der Waals surface area contributed by atoms with Gasteiger partial charge in [-0.15, -0.1) is 11.3 Å². The van der Waals surface area contributed by atoms with Crippen molar-refractivity contribution in [1.82, 2.24) is 4.98 Å². The molecular weight excluding hydrogens is 188 g/mol. The van der Waals surface area contributed by atoms with Crippen molar-refractivity contribution in [1.29, 1.82) is 0 Å². The SMILES string of the molecule is c1csc(NC2COCCOC2)n1. The lowest BCUT2D eigenvalue weighted by Gasteiger charge is -2.13. The first-order chi connectivity index (χ1) is 6.45. The highest BCUT2D eigenvalue weighted by atomic mass is 32.1. The van der Waals surface area contributed by atoms with Gasteiger partial charge < -0.3 is 14.8 Å². The second kappa shape index (κ2) is 4.55. The van der Waals surface area contributed by atoms with Crippen LogP contribution in [0.4, 0.5) is 5.13 Å². The van der Waals surface area contributed by atoms with Crippen molar-refractivity contribution in [3.63, 3.8) is 0 Å². The van der Waals surface area contributed by atoms with Crippen molar-refractivity contribution >= 4 is 16.5 Å². The number of rotatable bonds is 2. The summed E-state index contributed by atoms with van der Waals surface area (Å²) in [7, 11) is 0. The lowest BCUT2D eigenvalue weighted by Crippen LogP contribution is -2.28. The van der Waals surface area contributed by atoms with Crippen LogP contribution in [-0.2, 0) is 9.47 Å². The molecule has 2 heterocycles. The zero-order valence-electron chi connectivity index (χ0n) is 7.23. The Morgan fingerprint density at radius 1 is 1.38 bits per heavy atom. The molecule has 1 N–H and O–H groups in total. The predicted octanol–water partition coefficient (Wildman–Crippen LogP) is 0.970. The van der Waals surface area contributed by atoms with Gasteiger partial charge in [0.2, 0.25) is 0 Å². The second-order valence-corrected chi connectivity index (χ2v) is 3.72. The molecule has 0 aromatic carbocycles. The van der Waals surface area contributed by atoms with Crippen LogP contribution in [0, 0.1) is 0 Å². The molecule has 72 valence electrons. The van der Waals surface area contributed by atoms with Crippen LogP contribution in [0.25, 0.3) is 0 Å². The quantitative estimate of drug-likeness (QED) is 0.772. The van der Waals surface area contributed by atoms with Gasteiger partial charge in [0.1, 0.15) is 0 Å². The van der Waals surface area contributed by atoms with Gasteiger partial charge in [0, 0.05) is 11.6 Å². The predicted molar refractivity (Wildman–Crippen MR) is 51.2 cm³/mol. The van der Waals surface area contributed by atoms with E-state index in [9.17, 15) is 0 Å². The fraction of sp³-hybridized carbons (Fsp3) is 0.625. The molecule has 5 heteroatoms. The van der Waals surface area contributed by atoms with E-state index in [2.05, 4.69) is 10.3 Å². The molecule has 2 rings (SSSR count). The highest BCUT2D eigenvalue weighted by Gasteiger charge is 2.13. The molecule has 1 fully saturated rings. The molecule has 0 saturated carbocycles. The Labute approximate surface area is 80.9 Å².